The summed E-state index contributed by atoms with van der Waals surface area (Å²) in [5.41, 5.74) is -0.570. The summed E-state index contributed by atoms with van der Waals surface area (Å²) in [7, 11) is -3.57. The van der Waals surface area contributed by atoms with Crippen LogP contribution in [0.25, 0.3) is 0 Å². The van der Waals surface area contributed by atoms with Gasteiger partial charge in [0.15, 0.2) is 5.78 Å². The summed E-state index contributed by atoms with van der Waals surface area (Å²) >= 11 is 0. The van der Waals surface area contributed by atoms with Crippen molar-refractivity contribution < 1.29 is 22.8 Å². The second-order valence-electron chi connectivity index (χ2n) is 8.02. The summed E-state index contributed by atoms with van der Waals surface area (Å²) in [6.07, 6.45) is 5.69. The maximum absolute atomic E-state index is 12.7. The Morgan fingerprint density at radius 3 is 2.21 bits per heavy atom. The first-order valence-electron chi connectivity index (χ1n) is 10.1. The highest BCUT2D eigenvalue weighted by atomic mass is 32.2. The third-order valence-electron chi connectivity index (χ3n) is 6.13. The Morgan fingerprint density at radius 1 is 0.966 bits per heavy atom. The van der Waals surface area contributed by atoms with E-state index in [0.29, 0.717) is 25.9 Å². The van der Waals surface area contributed by atoms with Crippen molar-refractivity contribution in [2.24, 2.45) is 0 Å². The normalized spacial score (nSPS) is 22.3. The van der Waals surface area contributed by atoms with Crippen molar-refractivity contribution in [3.63, 3.8) is 0 Å². The van der Waals surface area contributed by atoms with Crippen LogP contribution in [0.15, 0.2) is 29.2 Å². The van der Waals surface area contributed by atoms with Crippen LogP contribution in [0.4, 0.5) is 4.79 Å². The Labute approximate surface area is 170 Å². The number of carbonyl (C=O) groups excluding carboxylic acids is 3. The molecule has 3 amide bonds. The molecule has 4 rings (SSSR count). The second kappa shape index (κ2) is 7.53. The van der Waals surface area contributed by atoms with Crippen LogP contribution < -0.4 is 5.32 Å². The first kappa shape index (κ1) is 20.0. The molecule has 3 fully saturated rings. The second-order valence-corrected chi connectivity index (χ2v) is 9.96. The molecule has 156 valence electrons. The highest BCUT2D eigenvalue weighted by molar-refractivity contribution is 7.89. The zero-order chi connectivity index (χ0) is 20.6. The van der Waals surface area contributed by atoms with Gasteiger partial charge in [-0.3, -0.25) is 14.5 Å². The fourth-order valence-electron chi connectivity index (χ4n) is 4.44. The highest BCUT2D eigenvalue weighted by Crippen LogP contribution is 2.35. The van der Waals surface area contributed by atoms with Crippen molar-refractivity contribution >= 4 is 27.7 Å². The van der Waals surface area contributed by atoms with Gasteiger partial charge in [-0.15, -0.1) is 0 Å². The molecule has 8 nitrogen and oxygen atoms in total. The molecule has 1 saturated carbocycles. The van der Waals surface area contributed by atoms with E-state index in [4.69, 9.17) is 0 Å². The van der Waals surface area contributed by atoms with E-state index in [1.54, 1.807) is 0 Å². The molecular weight excluding hydrogens is 394 g/mol. The van der Waals surface area contributed by atoms with Gasteiger partial charge in [0.25, 0.3) is 5.91 Å². The van der Waals surface area contributed by atoms with Crippen LogP contribution in [0.3, 0.4) is 0 Å². The van der Waals surface area contributed by atoms with Gasteiger partial charge in [0.05, 0.1) is 11.4 Å². The summed E-state index contributed by atoms with van der Waals surface area (Å²) < 4.78 is 26.9. The zero-order valence-corrected chi connectivity index (χ0v) is 17.0. The molecule has 3 aliphatic rings. The smallest absolute Gasteiger partial charge is 0.323 e. The number of hydrogen-bond acceptors (Lipinski definition) is 5. The van der Waals surface area contributed by atoms with Crippen LogP contribution in [0, 0.1) is 0 Å². The third kappa shape index (κ3) is 3.57. The lowest BCUT2D eigenvalue weighted by molar-refractivity contribution is -0.130. The number of benzene rings is 1. The van der Waals surface area contributed by atoms with Crippen LogP contribution in [-0.2, 0) is 14.8 Å². The number of nitrogens with one attached hydrogen (secondary N) is 1. The lowest BCUT2D eigenvalue weighted by Gasteiger charge is -2.25. The van der Waals surface area contributed by atoms with E-state index in [9.17, 15) is 22.8 Å². The molecule has 2 saturated heterocycles. The van der Waals surface area contributed by atoms with E-state index in [2.05, 4.69) is 5.32 Å². The number of carbonyl (C=O) groups is 3. The molecule has 1 aromatic rings. The van der Waals surface area contributed by atoms with E-state index >= 15 is 0 Å². The molecule has 1 N–H and O–H groups in total. The number of sulfonamides is 1. The van der Waals surface area contributed by atoms with Gasteiger partial charge in [0.2, 0.25) is 10.0 Å². The summed E-state index contributed by atoms with van der Waals surface area (Å²) in [6, 6.07) is 5.20. The maximum Gasteiger partial charge on any atom is 0.325 e. The van der Waals surface area contributed by atoms with Crippen molar-refractivity contribution in [1.82, 2.24) is 14.5 Å². The molecule has 2 heterocycles. The molecule has 9 heteroatoms. The van der Waals surface area contributed by atoms with Gasteiger partial charge in [-0.25, -0.2) is 13.2 Å². The highest BCUT2D eigenvalue weighted by Gasteiger charge is 2.52. The van der Waals surface area contributed by atoms with Crippen molar-refractivity contribution in [3.8, 4) is 0 Å². The first-order valence-corrected chi connectivity index (χ1v) is 11.6. The molecule has 29 heavy (non-hydrogen) atoms. The Kier molecular flexibility index (Phi) is 5.20. The molecule has 1 aliphatic carbocycles. The van der Waals surface area contributed by atoms with Crippen LogP contribution in [0.5, 0.6) is 0 Å². The Morgan fingerprint density at radius 2 is 1.59 bits per heavy atom. The van der Waals surface area contributed by atoms with Gasteiger partial charge in [-0.1, -0.05) is 19.3 Å². The van der Waals surface area contributed by atoms with Crippen LogP contribution in [-0.4, -0.2) is 60.5 Å². The average Bonchev–Trinajstić information content (AvgIpc) is 3.29. The van der Waals surface area contributed by atoms with Crippen molar-refractivity contribution in [3.05, 3.63) is 29.8 Å². The van der Waals surface area contributed by atoms with E-state index in [-0.39, 0.29) is 22.9 Å². The number of imide groups is 1. The topological polar surface area (TPSA) is 104 Å². The minimum atomic E-state index is -3.57. The van der Waals surface area contributed by atoms with E-state index in [1.807, 2.05) is 0 Å². The number of amides is 3. The summed E-state index contributed by atoms with van der Waals surface area (Å²) in [5.74, 6) is -0.733. The Balaban J connectivity index is 1.46. The number of nitrogens with zero attached hydrogens (tertiary/aromatic N) is 2. The lowest BCUT2D eigenvalue weighted by Crippen LogP contribution is -2.44. The average molecular weight is 420 g/mol. The minimum Gasteiger partial charge on any atom is -0.323 e. The van der Waals surface area contributed by atoms with Gasteiger partial charge >= 0.3 is 6.03 Å². The van der Waals surface area contributed by atoms with Gasteiger partial charge in [-0.2, -0.15) is 4.31 Å². The number of piperidine rings is 1. The third-order valence-corrected chi connectivity index (χ3v) is 8.05. The predicted octanol–water partition coefficient (Wildman–Crippen LogP) is 1.91. The Hall–Kier alpha value is -2.26. The monoisotopic (exact) mass is 419 g/mol. The SMILES string of the molecule is O=C(CN1C(=O)NC2(CCCC2)C1=O)c1ccc(S(=O)(=O)N2CCCCC2)cc1. The summed E-state index contributed by atoms with van der Waals surface area (Å²) in [4.78, 5) is 38.7. The van der Waals surface area contributed by atoms with Gasteiger partial charge in [-0.05, 0) is 49.9 Å². The zero-order valence-electron chi connectivity index (χ0n) is 16.2. The minimum absolute atomic E-state index is 0.149. The fourth-order valence-corrected chi connectivity index (χ4v) is 5.96. The predicted molar refractivity (Wildman–Crippen MR) is 105 cm³/mol. The van der Waals surface area contributed by atoms with Gasteiger partial charge in [0.1, 0.15) is 5.54 Å². The molecule has 0 unspecified atom stereocenters. The lowest BCUT2D eigenvalue weighted by atomic mass is 9.98. The molecule has 0 atom stereocenters. The number of urea groups is 1. The van der Waals surface area contributed by atoms with Crippen LogP contribution in [0.1, 0.15) is 55.3 Å². The molecule has 1 spiro atoms. The first-order chi connectivity index (χ1) is 13.8. The quantitative estimate of drug-likeness (QED) is 0.580. The number of rotatable bonds is 5. The number of ketones is 1. The van der Waals surface area contributed by atoms with Crippen molar-refractivity contribution in [2.45, 2.75) is 55.4 Å². The largest absolute Gasteiger partial charge is 0.325 e. The van der Waals surface area contributed by atoms with Crippen LogP contribution in [0.2, 0.25) is 0 Å². The fraction of sp³-hybridized carbons (Fsp3) is 0.550. The molecular formula is C20H25N3O5S. The molecule has 0 radical (unpaired) electrons. The molecule has 0 bridgehead atoms. The molecule has 2 aliphatic heterocycles. The standard InChI is InChI=1S/C20H25N3O5S/c24-17(14-23-18(25)20(21-19(23)26)10-2-3-11-20)15-6-8-16(9-7-15)29(27,28)22-12-4-1-5-13-22/h6-9H,1-5,10-14H2,(H,21,26). The number of Topliss-reactive ketones (excluding diaryl/α,β-unsaturated/α-hetero) is 1. The van der Waals surface area contributed by atoms with Gasteiger partial charge in [0, 0.05) is 18.7 Å². The summed E-state index contributed by atoms with van der Waals surface area (Å²) in [6.45, 7) is 0.679. The molecule has 1 aromatic carbocycles. The van der Waals surface area contributed by atoms with Crippen molar-refractivity contribution in [2.75, 3.05) is 19.6 Å². The van der Waals surface area contributed by atoms with E-state index in [0.717, 1.165) is 37.0 Å². The van der Waals surface area contributed by atoms with Gasteiger partial charge < -0.3 is 5.32 Å². The van der Waals surface area contributed by atoms with Crippen LogP contribution >= 0.6 is 0 Å². The number of hydrogen-bond donors (Lipinski definition) is 1. The van der Waals surface area contributed by atoms with E-state index in [1.165, 1.54) is 28.6 Å². The van der Waals surface area contributed by atoms with Crippen molar-refractivity contribution in [1.29, 1.82) is 0 Å². The maximum atomic E-state index is 12.7. The van der Waals surface area contributed by atoms with E-state index < -0.39 is 27.4 Å². The summed E-state index contributed by atoms with van der Waals surface area (Å²) in [5, 5.41) is 2.75. The Bertz CT molecular complexity index is 929. The molecule has 0 aromatic heterocycles.